The minimum Gasteiger partial charge on any atom is -0.218 e. The molecule has 19 heavy (non-hydrogen) atoms. The largest absolute Gasteiger partial charge is 0.425 e. The minimum absolute atomic E-state index is 0.127. The van der Waals surface area contributed by atoms with Gasteiger partial charge >= 0.3 is 3.60 Å². The number of sulfone groups is 1. The molecule has 104 valence electrons. The van der Waals surface area contributed by atoms with Crippen LogP contribution in [-0.4, -0.2) is 12.0 Å². The van der Waals surface area contributed by atoms with E-state index < -0.39 is 23.7 Å². The Hall–Kier alpha value is -0.260. The number of benzene rings is 1. The van der Waals surface area contributed by atoms with Crippen LogP contribution in [0.15, 0.2) is 46.0 Å². The van der Waals surface area contributed by atoms with E-state index in [1.54, 1.807) is 6.07 Å². The zero-order valence-electron chi connectivity index (χ0n) is 9.09. The average Bonchev–Trinajstić information content (AvgIpc) is 2.78. The van der Waals surface area contributed by atoms with E-state index in [1.165, 1.54) is 35.1 Å². The Morgan fingerprint density at radius 1 is 1.05 bits per heavy atom. The lowest BCUT2D eigenvalue weighted by atomic mass is 10.4. The van der Waals surface area contributed by atoms with E-state index in [0.717, 1.165) is 0 Å². The quantitative estimate of drug-likeness (QED) is 0.680. The van der Waals surface area contributed by atoms with Gasteiger partial charge in [-0.2, -0.15) is 14.0 Å². The molecule has 1 aliphatic rings. The van der Waals surface area contributed by atoms with Crippen LogP contribution in [-0.2, 0) is 14.1 Å². The SMILES string of the molecule is O=S(=O)(c1ccccc1)C1(O[Cl+3]([O-])([O-])[O-])SC=CS1. The van der Waals surface area contributed by atoms with Crippen molar-refractivity contribution in [3.8, 4) is 0 Å². The van der Waals surface area contributed by atoms with Crippen LogP contribution in [0.25, 0.3) is 0 Å². The normalized spacial score (nSPS) is 18.7. The van der Waals surface area contributed by atoms with Crippen LogP contribution >= 0.6 is 23.5 Å². The molecule has 1 aliphatic heterocycles. The molecule has 1 heterocycles. The lowest BCUT2D eigenvalue weighted by molar-refractivity contribution is -1.92. The van der Waals surface area contributed by atoms with Crippen molar-refractivity contribution in [2.24, 2.45) is 0 Å². The Morgan fingerprint density at radius 2 is 1.58 bits per heavy atom. The summed E-state index contributed by atoms with van der Waals surface area (Å²) in [6.07, 6.45) is 0. The molecule has 0 saturated heterocycles. The maximum Gasteiger partial charge on any atom is 0.425 e. The van der Waals surface area contributed by atoms with Crippen molar-refractivity contribution in [3.05, 3.63) is 41.1 Å². The summed E-state index contributed by atoms with van der Waals surface area (Å²) >= 11 is 1.21. The molecule has 0 aromatic heterocycles. The third-order valence-corrected chi connectivity index (χ3v) is 8.31. The Labute approximate surface area is 120 Å². The first-order valence-electron chi connectivity index (χ1n) is 4.69. The van der Waals surface area contributed by atoms with Crippen molar-refractivity contribution in [2.45, 2.75) is 8.49 Å². The van der Waals surface area contributed by atoms with Crippen LogP contribution < -0.4 is 14.0 Å². The summed E-state index contributed by atoms with van der Waals surface area (Å²) in [6, 6.07) is 7.19. The van der Waals surface area contributed by atoms with E-state index in [4.69, 9.17) is 0 Å². The smallest absolute Gasteiger partial charge is 0.218 e. The number of rotatable bonds is 4. The summed E-state index contributed by atoms with van der Waals surface area (Å²) in [4.78, 5) is -0.127. The van der Waals surface area contributed by atoms with Gasteiger partial charge in [0.05, 0.1) is 15.1 Å². The second-order valence-electron chi connectivity index (χ2n) is 3.28. The van der Waals surface area contributed by atoms with E-state index in [9.17, 15) is 22.4 Å². The molecule has 2 rings (SSSR count). The molecule has 0 bridgehead atoms. The van der Waals surface area contributed by atoms with Crippen LogP contribution in [0.2, 0.25) is 0 Å². The highest BCUT2D eigenvalue weighted by Crippen LogP contribution is 2.52. The highest BCUT2D eigenvalue weighted by Gasteiger charge is 2.61. The number of halogens is 1. The molecule has 0 aliphatic carbocycles. The van der Waals surface area contributed by atoms with Crippen LogP contribution in [0.4, 0.5) is 0 Å². The second-order valence-corrected chi connectivity index (χ2v) is 9.18. The van der Waals surface area contributed by atoms with Crippen LogP contribution in [0.5, 0.6) is 0 Å². The Bertz CT molecular complexity index is 572. The van der Waals surface area contributed by atoms with Gasteiger partial charge in [-0.25, -0.2) is 8.42 Å². The van der Waals surface area contributed by atoms with Gasteiger partial charge in [0.15, 0.2) is 0 Å². The summed E-state index contributed by atoms with van der Waals surface area (Å²) in [5.41, 5.74) is 0. The lowest BCUT2D eigenvalue weighted by Crippen LogP contribution is -2.64. The first-order chi connectivity index (χ1) is 8.77. The molecule has 0 fully saturated rings. The third-order valence-electron chi connectivity index (χ3n) is 2.05. The van der Waals surface area contributed by atoms with E-state index in [1.807, 2.05) is 0 Å². The fourth-order valence-corrected chi connectivity index (χ4v) is 6.92. The van der Waals surface area contributed by atoms with Gasteiger partial charge in [-0.05, 0) is 22.9 Å². The van der Waals surface area contributed by atoms with Gasteiger partial charge in [0.1, 0.15) is 4.29 Å². The van der Waals surface area contributed by atoms with Gasteiger partial charge in [-0.15, -0.1) is 0 Å². The van der Waals surface area contributed by atoms with Gasteiger partial charge in [-0.1, -0.05) is 41.7 Å². The fourth-order valence-electron chi connectivity index (χ4n) is 1.31. The number of hydrogen-bond donors (Lipinski definition) is 0. The lowest BCUT2D eigenvalue weighted by Gasteiger charge is -2.24. The van der Waals surface area contributed by atoms with E-state index in [2.05, 4.69) is 4.29 Å². The number of hydrogen-bond acceptors (Lipinski definition) is 8. The molecule has 1 aromatic rings. The van der Waals surface area contributed by atoms with E-state index >= 15 is 0 Å². The second kappa shape index (κ2) is 5.26. The first kappa shape index (κ1) is 15.1. The Morgan fingerprint density at radius 3 is 2.05 bits per heavy atom. The summed E-state index contributed by atoms with van der Waals surface area (Å²) in [5, 5.41) is 2.71. The molecule has 0 spiro atoms. The molecule has 0 atom stereocenters. The van der Waals surface area contributed by atoms with Gasteiger partial charge in [-0.3, -0.25) is 0 Å². The van der Waals surface area contributed by atoms with Crippen molar-refractivity contribution >= 4 is 33.4 Å². The maximum absolute atomic E-state index is 12.4. The van der Waals surface area contributed by atoms with Crippen molar-refractivity contribution in [1.82, 2.24) is 0 Å². The average molecular weight is 343 g/mol. The molecule has 0 unspecified atom stereocenters. The minimum atomic E-state index is -4.88. The molecular weight excluding hydrogens is 336 g/mol. The van der Waals surface area contributed by atoms with Gasteiger partial charge in [0, 0.05) is 0 Å². The van der Waals surface area contributed by atoms with Crippen LogP contribution in [0, 0.1) is 10.2 Å². The monoisotopic (exact) mass is 342 g/mol. The third kappa shape index (κ3) is 3.09. The fraction of sp³-hybridized carbons (Fsp3) is 0.111. The summed E-state index contributed by atoms with van der Waals surface area (Å²) in [6.45, 7) is 0. The highest BCUT2D eigenvalue weighted by atomic mass is 35.7. The predicted molar refractivity (Wildman–Crippen MR) is 61.8 cm³/mol. The summed E-state index contributed by atoms with van der Waals surface area (Å²) < 4.78 is 59.1. The van der Waals surface area contributed by atoms with E-state index in [0.29, 0.717) is 23.5 Å². The first-order valence-corrected chi connectivity index (χ1v) is 9.16. The van der Waals surface area contributed by atoms with Crippen LogP contribution in [0.1, 0.15) is 0 Å². The highest BCUT2D eigenvalue weighted by molar-refractivity contribution is 8.34. The Balaban J connectivity index is 2.46. The zero-order valence-corrected chi connectivity index (χ0v) is 12.3. The molecule has 6 nitrogen and oxygen atoms in total. The van der Waals surface area contributed by atoms with Crippen molar-refractivity contribution in [1.29, 1.82) is 0 Å². The molecule has 1 aromatic carbocycles. The Kier molecular flexibility index (Phi) is 4.19. The van der Waals surface area contributed by atoms with Crippen molar-refractivity contribution in [2.75, 3.05) is 0 Å². The number of thioether (sulfide) groups is 2. The van der Waals surface area contributed by atoms with Crippen LogP contribution in [0.3, 0.4) is 0 Å². The van der Waals surface area contributed by atoms with Gasteiger partial charge in [0.2, 0.25) is 9.84 Å². The summed E-state index contributed by atoms with van der Waals surface area (Å²) in [7, 11) is -9.06. The summed E-state index contributed by atoms with van der Waals surface area (Å²) in [5.74, 6) is 0. The molecule has 0 amide bonds. The molecule has 10 heteroatoms. The molecular formula is C9H7ClO6S3. The molecule has 0 N–H and O–H groups in total. The molecule has 0 radical (unpaired) electrons. The molecule has 0 saturated carbocycles. The van der Waals surface area contributed by atoms with Gasteiger partial charge < -0.3 is 0 Å². The zero-order chi connectivity index (χ0) is 14.1. The van der Waals surface area contributed by atoms with Gasteiger partial charge in [0.25, 0.3) is 0 Å². The maximum atomic E-state index is 12.4. The topological polar surface area (TPSA) is 113 Å². The van der Waals surface area contributed by atoms with Crippen molar-refractivity contribution in [3.63, 3.8) is 0 Å². The standard InChI is InChI=1S/C9H7ClO6S3/c11-10(12,13)16-9(17-6-7-18-9)19(14,15)8-4-2-1-3-5-8/h1-7H. The predicted octanol–water partition coefficient (Wildman–Crippen LogP) is -1.06. The van der Waals surface area contributed by atoms with Crippen molar-refractivity contribution < 1.29 is 36.9 Å². The van der Waals surface area contributed by atoms with E-state index in [-0.39, 0.29) is 4.90 Å².